The lowest BCUT2D eigenvalue weighted by atomic mass is 9.77. The van der Waals surface area contributed by atoms with Gasteiger partial charge in [-0.25, -0.2) is 24.0 Å². The van der Waals surface area contributed by atoms with Crippen LogP contribution in [0.5, 0.6) is 63.2 Å². The van der Waals surface area contributed by atoms with Crippen molar-refractivity contribution >= 4 is 42.3 Å². The first-order valence-electron chi connectivity index (χ1n) is 19.3. The summed E-state index contributed by atoms with van der Waals surface area (Å²) in [6.07, 6.45) is -14.3. The van der Waals surface area contributed by atoms with Gasteiger partial charge in [0.1, 0.15) is 25.2 Å². The number of hydrogen-bond acceptors (Lipinski definition) is 26. The summed E-state index contributed by atoms with van der Waals surface area (Å²) < 4.78 is 44.0. The molecule has 0 aliphatic carbocycles. The Morgan fingerprint density at radius 1 is 0.632 bits per heavy atom. The first kappa shape index (κ1) is 47.1. The molecule has 4 aromatic carbocycles. The Labute approximate surface area is 377 Å². The Hall–Kier alpha value is -8.91. The summed E-state index contributed by atoms with van der Waals surface area (Å²) >= 11 is 0. The van der Waals surface area contributed by atoms with Crippen LogP contribution in [-0.4, -0.2) is 148 Å². The van der Waals surface area contributed by atoms with Gasteiger partial charge in [-0.05, 0) is 55.0 Å². The van der Waals surface area contributed by atoms with Crippen LogP contribution in [0.15, 0.2) is 42.5 Å². The minimum atomic E-state index is -2.47. The number of aryl methyl sites for hydroxylation is 1. The van der Waals surface area contributed by atoms with Crippen molar-refractivity contribution < 1.29 is 128 Å². The van der Waals surface area contributed by atoms with E-state index in [4.69, 9.17) is 37.9 Å². The zero-order valence-corrected chi connectivity index (χ0v) is 34.2. The van der Waals surface area contributed by atoms with Crippen molar-refractivity contribution in [2.24, 2.45) is 5.92 Å². The van der Waals surface area contributed by atoms with Crippen molar-refractivity contribution in [3.05, 3.63) is 75.8 Å². The molecule has 11 N–H and O–H groups in total. The Bertz CT molecular complexity index is 2710. The lowest BCUT2D eigenvalue weighted by molar-refractivity contribution is -0.287. The molecule has 3 heterocycles. The quantitative estimate of drug-likeness (QED) is 0.0335. The van der Waals surface area contributed by atoms with Crippen LogP contribution in [0.3, 0.4) is 0 Å². The molecule has 0 radical (unpaired) electrons. The molecular weight excluding hydrogens is 920 g/mol. The van der Waals surface area contributed by atoms with Gasteiger partial charge in [-0.3, -0.25) is 9.59 Å². The molecule has 68 heavy (non-hydrogen) atoms. The van der Waals surface area contributed by atoms with Crippen LogP contribution >= 0.6 is 0 Å². The third-order valence-corrected chi connectivity index (χ3v) is 10.7. The van der Waals surface area contributed by atoms with Crippen LogP contribution in [0.25, 0.3) is 0 Å². The van der Waals surface area contributed by atoms with Gasteiger partial charge < -0.3 is 94.1 Å². The maximum atomic E-state index is 14.6. The molecule has 3 aliphatic rings. The molecule has 0 aromatic heterocycles. The number of aliphatic hydroxyl groups is 1. The van der Waals surface area contributed by atoms with Crippen LogP contribution in [0, 0.1) is 12.8 Å². The minimum absolute atomic E-state index is 0.0828. The Kier molecular flexibility index (Phi) is 12.6. The van der Waals surface area contributed by atoms with Crippen molar-refractivity contribution in [2.45, 2.75) is 49.7 Å². The predicted molar refractivity (Wildman–Crippen MR) is 210 cm³/mol. The van der Waals surface area contributed by atoms with E-state index >= 15 is 0 Å². The molecule has 4 aromatic rings. The van der Waals surface area contributed by atoms with Gasteiger partial charge >= 0.3 is 35.8 Å². The Balaban J connectivity index is 1.43. The number of fused-ring (bicyclic) bond motifs is 2. The topological polar surface area (TPSA) is 416 Å². The summed E-state index contributed by atoms with van der Waals surface area (Å²) in [7, 11) is 0. The van der Waals surface area contributed by atoms with Crippen molar-refractivity contribution in [2.75, 3.05) is 13.2 Å². The molecule has 8 atom stereocenters. The van der Waals surface area contributed by atoms with E-state index in [2.05, 4.69) is 0 Å². The second-order valence-electron chi connectivity index (χ2n) is 15.0. The van der Waals surface area contributed by atoms with Gasteiger partial charge in [0.05, 0.1) is 22.3 Å². The maximum Gasteiger partial charge on any atom is 0.341 e. The number of esters is 6. The van der Waals surface area contributed by atoms with Gasteiger partial charge in [0.15, 0.2) is 75.8 Å². The van der Waals surface area contributed by atoms with E-state index in [1.165, 1.54) is 6.92 Å². The van der Waals surface area contributed by atoms with Gasteiger partial charge in [-0.1, -0.05) is 0 Å². The summed E-state index contributed by atoms with van der Waals surface area (Å²) in [4.78, 5) is 95.0. The monoisotopic (exact) mass is 954 g/mol. The van der Waals surface area contributed by atoms with Crippen LogP contribution in [0.1, 0.15) is 58.5 Å². The Morgan fingerprint density at radius 3 is 1.74 bits per heavy atom. The molecule has 26 nitrogen and oxygen atoms in total. The third kappa shape index (κ3) is 8.65. The second-order valence-corrected chi connectivity index (χ2v) is 15.0. The zero-order chi connectivity index (χ0) is 49.6. The highest BCUT2D eigenvalue weighted by atomic mass is 16.7. The molecule has 7 unspecified atom stereocenters. The number of phenols is 10. The summed E-state index contributed by atoms with van der Waals surface area (Å²) in [6, 6.07) is 4.70. The van der Waals surface area contributed by atoms with E-state index < -0.39 is 189 Å². The van der Waals surface area contributed by atoms with Crippen LogP contribution < -0.4 is 4.74 Å². The van der Waals surface area contributed by atoms with Crippen molar-refractivity contribution in [1.82, 2.24) is 0 Å². The number of benzene rings is 4. The highest BCUT2D eigenvalue weighted by molar-refractivity contribution is 5.97. The average Bonchev–Trinajstić information content (AvgIpc) is 3.29. The first-order valence-corrected chi connectivity index (χ1v) is 19.3. The predicted octanol–water partition coefficient (Wildman–Crippen LogP) is 0.319. The number of phenolic OH excluding ortho intramolecular Hbond substituents is 10. The molecule has 1 saturated heterocycles. The van der Waals surface area contributed by atoms with Crippen molar-refractivity contribution in [3.63, 3.8) is 0 Å². The standard InChI is InChI=1S/C42H34O26/c1-12-2-13(3-18(44)27(12)50)38(57)68-42-35-34(66-37(56)15-6-21(47)29(52)22(48)7-15)32(24(63-42)10-62-36(55)14-4-19(45)28(51)20(46)5-14)64-40(59)17(9-61-11-43)25-26-16(39(58)67-35)8-23(49)30(53)33(26)65-41(60)31(25)54/h2-8,11,17,24-25,31-32,34-35,42,44-54H,9-10H2,1H3/t17?,24?,25?,31-,32?,34?,35?,42?/m0/s1. The number of carbonyl (C=O) groups excluding carboxylic acids is 7. The van der Waals surface area contributed by atoms with Gasteiger partial charge in [-0.2, -0.15) is 0 Å². The fourth-order valence-corrected chi connectivity index (χ4v) is 7.45. The van der Waals surface area contributed by atoms with Gasteiger partial charge in [-0.15, -0.1) is 0 Å². The SMILES string of the molecule is Cc1cc(C(=O)OC2OC(COC(=O)c3cc(O)c(O)c(O)c3)C3OC(=O)C(COC=O)C4c5c(cc(O)c(O)c5OC(=O)[C@H]4O)C(=O)OC2C3OC(=O)c2cc(O)c(O)c(O)c2)cc(O)c1O. The number of rotatable bonds is 10. The number of carbonyl (C=O) groups is 7. The van der Waals surface area contributed by atoms with E-state index in [1.54, 1.807) is 0 Å². The summed E-state index contributed by atoms with van der Waals surface area (Å²) in [6.45, 7) is -1.24. The third-order valence-electron chi connectivity index (χ3n) is 10.7. The summed E-state index contributed by atoms with van der Waals surface area (Å²) in [5.41, 5.74) is -3.69. The van der Waals surface area contributed by atoms with Gasteiger partial charge in [0, 0.05) is 11.5 Å². The molecule has 0 saturated carbocycles. The lowest BCUT2D eigenvalue weighted by Crippen LogP contribution is -2.63. The first-order chi connectivity index (χ1) is 32.1. The van der Waals surface area contributed by atoms with Gasteiger partial charge in [0.25, 0.3) is 6.47 Å². The normalized spacial score (nSPS) is 23.0. The molecule has 358 valence electrons. The summed E-state index contributed by atoms with van der Waals surface area (Å²) in [5.74, 6) is -24.9. The zero-order valence-electron chi connectivity index (χ0n) is 34.2. The number of aliphatic hydroxyl groups excluding tert-OH is 1. The van der Waals surface area contributed by atoms with E-state index in [0.29, 0.717) is 30.3 Å². The average molecular weight is 955 g/mol. The van der Waals surface area contributed by atoms with Crippen LogP contribution in [0.2, 0.25) is 0 Å². The molecule has 0 spiro atoms. The highest BCUT2D eigenvalue weighted by Gasteiger charge is 2.57. The smallest absolute Gasteiger partial charge is 0.341 e. The molecule has 3 aliphatic heterocycles. The number of aromatic hydroxyl groups is 10. The summed E-state index contributed by atoms with van der Waals surface area (Å²) in [5, 5.41) is 113. The number of hydrogen-bond donors (Lipinski definition) is 11. The fraction of sp³-hybridized carbons (Fsp3) is 0.262. The van der Waals surface area contributed by atoms with E-state index in [0.717, 1.165) is 12.1 Å². The molecular formula is C42H34O26. The fourth-order valence-electron chi connectivity index (χ4n) is 7.45. The van der Waals surface area contributed by atoms with Crippen molar-refractivity contribution in [3.8, 4) is 63.2 Å². The lowest BCUT2D eigenvalue weighted by Gasteiger charge is -2.44. The van der Waals surface area contributed by atoms with E-state index in [9.17, 15) is 89.7 Å². The van der Waals surface area contributed by atoms with Gasteiger partial charge in [0.2, 0.25) is 18.1 Å². The largest absolute Gasteiger partial charge is 0.504 e. The molecule has 1 fully saturated rings. The van der Waals surface area contributed by atoms with E-state index in [-0.39, 0.29) is 12.0 Å². The molecule has 7 rings (SSSR count). The molecule has 0 amide bonds. The maximum absolute atomic E-state index is 14.6. The molecule has 2 bridgehead atoms. The highest BCUT2D eigenvalue weighted by Crippen LogP contribution is 2.51. The van der Waals surface area contributed by atoms with Crippen molar-refractivity contribution in [1.29, 1.82) is 0 Å². The Morgan fingerprint density at radius 2 is 1.16 bits per heavy atom. The van der Waals surface area contributed by atoms with Crippen LogP contribution in [0.4, 0.5) is 0 Å². The number of ether oxygens (including phenoxy) is 8. The van der Waals surface area contributed by atoms with Crippen LogP contribution in [-0.2, 0) is 47.5 Å². The second kappa shape index (κ2) is 18.2. The minimum Gasteiger partial charge on any atom is -0.504 e. The van der Waals surface area contributed by atoms with E-state index in [1.807, 2.05) is 0 Å². The molecule has 26 heteroatoms.